The summed E-state index contributed by atoms with van der Waals surface area (Å²) in [5, 5.41) is 5.69. The van der Waals surface area contributed by atoms with E-state index in [4.69, 9.17) is 0 Å². The first kappa shape index (κ1) is 11.8. The molecule has 4 heteroatoms. The lowest BCUT2D eigenvalue weighted by Crippen LogP contribution is -2.22. The van der Waals surface area contributed by atoms with E-state index in [1.54, 1.807) is 11.3 Å². The van der Waals surface area contributed by atoms with Crippen LogP contribution in [-0.2, 0) is 0 Å². The summed E-state index contributed by atoms with van der Waals surface area (Å²) < 4.78 is 0. The van der Waals surface area contributed by atoms with Crippen molar-refractivity contribution in [1.29, 1.82) is 0 Å². The second kappa shape index (κ2) is 5.57. The van der Waals surface area contributed by atoms with Crippen LogP contribution in [0.15, 0.2) is 29.2 Å². The van der Waals surface area contributed by atoms with Gasteiger partial charge in [0.05, 0.1) is 5.51 Å². The number of thiazole rings is 1. The van der Waals surface area contributed by atoms with Crippen LogP contribution in [0.25, 0.3) is 0 Å². The minimum atomic E-state index is 0.398. The predicted molar refractivity (Wildman–Crippen MR) is 71.3 cm³/mol. The number of hydrogen-bond donors (Lipinski definition) is 1. The van der Waals surface area contributed by atoms with Gasteiger partial charge in [-0.3, -0.25) is 4.98 Å². The SMILES string of the molecule is CC(CNC(C)c1cncs1)c1cccs1. The minimum Gasteiger partial charge on any atom is -0.309 e. The summed E-state index contributed by atoms with van der Waals surface area (Å²) in [7, 11) is 0. The van der Waals surface area contributed by atoms with E-state index in [0.29, 0.717) is 12.0 Å². The predicted octanol–water partition coefficient (Wildman–Crippen LogP) is 3.66. The molecule has 2 aromatic rings. The Balaban J connectivity index is 1.84. The van der Waals surface area contributed by atoms with Gasteiger partial charge in [-0.15, -0.1) is 22.7 Å². The fourth-order valence-electron chi connectivity index (χ4n) is 1.57. The largest absolute Gasteiger partial charge is 0.309 e. The van der Waals surface area contributed by atoms with Crippen molar-refractivity contribution in [3.63, 3.8) is 0 Å². The summed E-state index contributed by atoms with van der Waals surface area (Å²) >= 11 is 3.54. The van der Waals surface area contributed by atoms with Gasteiger partial charge < -0.3 is 5.32 Å². The number of aromatic nitrogens is 1. The minimum absolute atomic E-state index is 0.398. The molecule has 0 aromatic carbocycles. The molecule has 2 unspecified atom stereocenters. The van der Waals surface area contributed by atoms with Gasteiger partial charge in [-0.2, -0.15) is 0 Å². The van der Waals surface area contributed by atoms with Crippen molar-refractivity contribution in [2.75, 3.05) is 6.54 Å². The molecule has 0 aliphatic carbocycles. The third-order valence-electron chi connectivity index (χ3n) is 2.64. The molecule has 2 aromatic heterocycles. The molecule has 86 valence electrons. The van der Waals surface area contributed by atoms with E-state index in [0.717, 1.165) is 6.54 Å². The second-order valence-corrected chi connectivity index (χ2v) is 5.85. The van der Waals surface area contributed by atoms with Crippen molar-refractivity contribution < 1.29 is 0 Å². The Morgan fingerprint density at radius 1 is 1.31 bits per heavy atom. The number of thiophene rings is 1. The molecule has 2 atom stereocenters. The topological polar surface area (TPSA) is 24.9 Å². The van der Waals surface area contributed by atoms with E-state index < -0.39 is 0 Å². The maximum Gasteiger partial charge on any atom is 0.0794 e. The Morgan fingerprint density at radius 3 is 2.81 bits per heavy atom. The van der Waals surface area contributed by atoms with Crippen molar-refractivity contribution in [3.05, 3.63) is 39.0 Å². The summed E-state index contributed by atoms with van der Waals surface area (Å²) in [4.78, 5) is 6.85. The van der Waals surface area contributed by atoms with Gasteiger partial charge in [-0.25, -0.2) is 0 Å². The normalized spacial score (nSPS) is 14.9. The number of nitrogens with zero attached hydrogens (tertiary/aromatic N) is 1. The van der Waals surface area contributed by atoms with Gasteiger partial charge in [-0.05, 0) is 18.4 Å². The van der Waals surface area contributed by atoms with E-state index >= 15 is 0 Å². The fraction of sp³-hybridized carbons (Fsp3) is 0.417. The van der Waals surface area contributed by atoms with Crippen LogP contribution in [0.5, 0.6) is 0 Å². The van der Waals surface area contributed by atoms with Crippen molar-refractivity contribution in [2.45, 2.75) is 25.8 Å². The molecule has 2 nitrogen and oxygen atoms in total. The highest BCUT2D eigenvalue weighted by Crippen LogP contribution is 2.22. The first-order chi connectivity index (χ1) is 7.77. The summed E-state index contributed by atoms with van der Waals surface area (Å²) in [5.41, 5.74) is 1.89. The van der Waals surface area contributed by atoms with E-state index in [9.17, 15) is 0 Å². The van der Waals surface area contributed by atoms with Gasteiger partial charge in [0.15, 0.2) is 0 Å². The maximum atomic E-state index is 4.10. The average molecular weight is 252 g/mol. The Kier molecular flexibility index (Phi) is 4.09. The summed E-state index contributed by atoms with van der Waals surface area (Å²) in [5.74, 6) is 0.579. The molecule has 0 bridgehead atoms. The summed E-state index contributed by atoms with van der Waals surface area (Å²) in [6, 6.07) is 4.72. The maximum absolute atomic E-state index is 4.10. The summed E-state index contributed by atoms with van der Waals surface area (Å²) in [6.45, 7) is 5.46. The van der Waals surface area contributed by atoms with Crippen LogP contribution < -0.4 is 5.32 Å². The zero-order valence-electron chi connectivity index (χ0n) is 9.51. The van der Waals surface area contributed by atoms with Crippen LogP contribution >= 0.6 is 22.7 Å². The molecule has 2 rings (SSSR count). The van der Waals surface area contributed by atoms with Crippen molar-refractivity contribution in [2.24, 2.45) is 0 Å². The standard InChI is InChI=1S/C12H16N2S2/c1-9(11-4-3-5-15-11)6-14-10(2)12-7-13-8-16-12/h3-5,7-10,14H,6H2,1-2H3. The molecule has 0 amide bonds. The van der Waals surface area contributed by atoms with Crippen LogP contribution in [-0.4, -0.2) is 11.5 Å². The smallest absolute Gasteiger partial charge is 0.0794 e. The highest BCUT2D eigenvalue weighted by molar-refractivity contribution is 7.10. The first-order valence-corrected chi connectivity index (χ1v) is 7.18. The molecule has 0 saturated heterocycles. The molecule has 0 aliphatic rings. The van der Waals surface area contributed by atoms with Crippen LogP contribution in [0.2, 0.25) is 0 Å². The van der Waals surface area contributed by atoms with Crippen LogP contribution in [0.1, 0.15) is 35.6 Å². The van der Waals surface area contributed by atoms with Gasteiger partial charge >= 0.3 is 0 Å². The molecule has 0 aliphatic heterocycles. The lowest BCUT2D eigenvalue weighted by atomic mass is 10.1. The number of nitrogens with one attached hydrogen (secondary N) is 1. The Labute approximate surface area is 104 Å². The van der Waals surface area contributed by atoms with Crippen LogP contribution in [0.4, 0.5) is 0 Å². The zero-order valence-corrected chi connectivity index (χ0v) is 11.1. The molecule has 2 heterocycles. The van der Waals surface area contributed by atoms with E-state index in [1.165, 1.54) is 9.75 Å². The Bertz CT molecular complexity index is 354. The van der Waals surface area contributed by atoms with Gasteiger partial charge in [0.25, 0.3) is 0 Å². The monoisotopic (exact) mass is 252 g/mol. The van der Waals surface area contributed by atoms with Crippen molar-refractivity contribution in [3.8, 4) is 0 Å². The van der Waals surface area contributed by atoms with E-state index in [1.807, 2.05) is 23.0 Å². The van der Waals surface area contributed by atoms with E-state index in [2.05, 4.69) is 41.7 Å². The first-order valence-electron chi connectivity index (χ1n) is 5.42. The van der Waals surface area contributed by atoms with Crippen molar-refractivity contribution in [1.82, 2.24) is 10.3 Å². The lowest BCUT2D eigenvalue weighted by molar-refractivity contribution is 0.546. The molecular formula is C12H16N2S2. The third kappa shape index (κ3) is 2.90. The lowest BCUT2D eigenvalue weighted by Gasteiger charge is -2.15. The van der Waals surface area contributed by atoms with Gasteiger partial charge in [0.2, 0.25) is 0 Å². The quantitative estimate of drug-likeness (QED) is 0.878. The van der Waals surface area contributed by atoms with E-state index in [-0.39, 0.29) is 0 Å². The highest BCUT2D eigenvalue weighted by atomic mass is 32.1. The number of rotatable bonds is 5. The molecule has 1 N–H and O–H groups in total. The Morgan fingerprint density at radius 2 is 2.19 bits per heavy atom. The second-order valence-electron chi connectivity index (χ2n) is 3.95. The van der Waals surface area contributed by atoms with Crippen LogP contribution in [0, 0.1) is 0 Å². The highest BCUT2D eigenvalue weighted by Gasteiger charge is 2.10. The number of hydrogen-bond acceptors (Lipinski definition) is 4. The molecule has 0 radical (unpaired) electrons. The van der Waals surface area contributed by atoms with Gasteiger partial charge in [0.1, 0.15) is 0 Å². The molecule has 0 spiro atoms. The average Bonchev–Trinajstić information content (AvgIpc) is 2.95. The van der Waals surface area contributed by atoms with Crippen LogP contribution in [0.3, 0.4) is 0 Å². The third-order valence-corrected chi connectivity index (χ3v) is 4.70. The summed E-state index contributed by atoms with van der Waals surface area (Å²) in [6.07, 6.45) is 1.94. The van der Waals surface area contributed by atoms with Gasteiger partial charge in [0, 0.05) is 34.5 Å². The molecule has 16 heavy (non-hydrogen) atoms. The molecule has 0 fully saturated rings. The Hall–Kier alpha value is -0.710. The fourth-order valence-corrected chi connectivity index (χ4v) is 3.01. The zero-order chi connectivity index (χ0) is 11.4. The van der Waals surface area contributed by atoms with Crippen molar-refractivity contribution >= 4 is 22.7 Å². The van der Waals surface area contributed by atoms with Gasteiger partial charge in [-0.1, -0.05) is 13.0 Å². The molecular weight excluding hydrogens is 236 g/mol. The molecule has 0 saturated carbocycles.